The van der Waals surface area contributed by atoms with E-state index in [1.165, 1.54) is 18.4 Å². The van der Waals surface area contributed by atoms with Crippen molar-refractivity contribution in [2.45, 2.75) is 66.5 Å². The second-order valence-electron chi connectivity index (χ2n) is 7.27. The second-order valence-corrected chi connectivity index (χ2v) is 7.27. The molecule has 1 heterocycles. The Bertz CT molecular complexity index is 517. The van der Waals surface area contributed by atoms with Gasteiger partial charge in [0.2, 0.25) is 5.91 Å². The van der Waals surface area contributed by atoms with Crippen LogP contribution < -0.4 is 5.32 Å². The summed E-state index contributed by atoms with van der Waals surface area (Å²) in [5.74, 6) is 0.856. The van der Waals surface area contributed by atoms with Gasteiger partial charge in [-0.15, -0.1) is 0 Å². The topological polar surface area (TPSA) is 32.3 Å². The maximum absolute atomic E-state index is 12.5. The van der Waals surface area contributed by atoms with E-state index in [0.29, 0.717) is 18.6 Å². The van der Waals surface area contributed by atoms with Gasteiger partial charge in [0, 0.05) is 17.8 Å². The van der Waals surface area contributed by atoms with Crippen molar-refractivity contribution in [2.24, 2.45) is 5.92 Å². The molecule has 1 saturated heterocycles. The molecule has 1 amide bonds. The molecule has 2 unspecified atom stereocenters. The van der Waals surface area contributed by atoms with Crippen molar-refractivity contribution in [1.82, 2.24) is 4.90 Å². The van der Waals surface area contributed by atoms with Gasteiger partial charge < -0.3 is 5.32 Å². The molecule has 0 bridgehead atoms. The number of aryl methyl sites for hydroxylation is 3. The first-order chi connectivity index (χ1) is 10.3. The van der Waals surface area contributed by atoms with Crippen molar-refractivity contribution in [1.29, 1.82) is 0 Å². The minimum Gasteiger partial charge on any atom is -0.324 e. The summed E-state index contributed by atoms with van der Waals surface area (Å²) >= 11 is 0. The van der Waals surface area contributed by atoms with Crippen molar-refractivity contribution < 1.29 is 4.79 Å². The van der Waals surface area contributed by atoms with Crippen molar-refractivity contribution in [3.8, 4) is 0 Å². The highest BCUT2D eigenvalue weighted by molar-refractivity contribution is 5.93. The van der Waals surface area contributed by atoms with Crippen LogP contribution in [-0.4, -0.2) is 29.4 Å². The van der Waals surface area contributed by atoms with Crippen LogP contribution in [0.4, 0.5) is 5.69 Å². The van der Waals surface area contributed by atoms with Gasteiger partial charge in [-0.1, -0.05) is 24.6 Å². The van der Waals surface area contributed by atoms with E-state index in [1.807, 2.05) is 0 Å². The Morgan fingerprint density at radius 3 is 2.09 bits per heavy atom. The molecule has 2 atom stereocenters. The molecule has 22 heavy (non-hydrogen) atoms. The van der Waals surface area contributed by atoms with E-state index in [1.54, 1.807) is 0 Å². The number of rotatable bonds is 3. The van der Waals surface area contributed by atoms with Gasteiger partial charge >= 0.3 is 0 Å². The number of amides is 1. The van der Waals surface area contributed by atoms with E-state index in [9.17, 15) is 4.79 Å². The first-order valence-corrected chi connectivity index (χ1v) is 8.41. The number of likely N-dealkylation sites (tertiary alicyclic amines) is 1. The van der Waals surface area contributed by atoms with Gasteiger partial charge in [-0.2, -0.15) is 0 Å². The fourth-order valence-electron chi connectivity index (χ4n) is 4.00. The lowest BCUT2D eigenvalue weighted by atomic mass is 9.88. The maximum atomic E-state index is 12.5. The lowest BCUT2D eigenvalue weighted by Crippen LogP contribution is -2.49. The Hall–Kier alpha value is -1.35. The Labute approximate surface area is 135 Å². The van der Waals surface area contributed by atoms with Crippen molar-refractivity contribution in [3.63, 3.8) is 0 Å². The predicted octanol–water partition coefficient (Wildman–Crippen LogP) is 4.06. The van der Waals surface area contributed by atoms with Crippen molar-refractivity contribution >= 4 is 11.6 Å². The summed E-state index contributed by atoms with van der Waals surface area (Å²) in [4.78, 5) is 14.8. The number of nitrogens with one attached hydrogen (secondary N) is 1. The van der Waals surface area contributed by atoms with Gasteiger partial charge in [-0.25, -0.2) is 0 Å². The largest absolute Gasteiger partial charge is 0.324 e. The summed E-state index contributed by atoms with van der Waals surface area (Å²) < 4.78 is 0. The summed E-state index contributed by atoms with van der Waals surface area (Å²) in [5.41, 5.74) is 4.49. The number of anilines is 1. The van der Waals surface area contributed by atoms with Gasteiger partial charge in [0.25, 0.3) is 0 Å². The maximum Gasteiger partial charge on any atom is 0.238 e. The van der Waals surface area contributed by atoms with E-state index >= 15 is 0 Å². The molecule has 1 fully saturated rings. The summed E-state index contributed by atoms with van der Waals surface area (Å²) in [6.45, 7) is 13.5. The average molecular weight is 302 g/mol. The highest BCUT2D eigenvalue weighted by Crippen LogP contribution is 2.27. The number of nitrogens with zero attached hydrogens (tertiary/aromatic N) is 1. The van der Waals surface area contributed by atoms with Crippen molar-refractivity contribution in [3.05, 3.63) is 28.8 Å². The third-order valence-corrected chi connectivity index (χ3v) is 4.89. The highest BCUT2D eigenvalue weighted by atomic mass is 16.2. The molecule has 0 radical (unpaired) electrons. The monoisotopic (exact) mass is 302 g/mol. The van der Waals surface area contributed by atoms with Crippen LogP contribution >= 0.6 is 0 Å². The number of piperidine rings is 1. The zero-order valence-electron chi connectivity index (χ0n) is 14.9. The Kier molecular flexibility index (Phi) is 5.28. The molecule has 0 aromatic heterocycles. The molecule has 122 valence electrons. The fraction of sp³-hybridized carbons (Fsp3) is 0.632. The molecule has 0 spiro atoms. The summed E-state index contributed by atoms with van der Waals surface area (Å²) in [5, 5.41) is 3.12. The van der Waals surface area contributed by atoms with Gasteiger partial charge in [-0.05, 0) is 64.5 Å². The summed E-state index contributed by atoms with van der Waals surface area (Å²) in [7, 11) is 0. The lowest BCUT2D eigenvalue weighted by Gasteiger charge is -2.41. The van der Waals surface area contributed by atoms with Gasteiger partial charge in [0.15, 0.2) is 0 Å². The molecule has 1 aromatic rings. The van der Waals surface area contributed by atoms with Gasteiger partial charge in [0.1, 0.15) is 0 Å². The van der Waals surface area contributed by atoms with Crippen LogP contribution in [0.5, 0.6) is 0 Å². The molecular formula is C19H30N2O. The third kappa shape index (κ3) is 3.89. The zero-order valence-corrected chi connectivity index (χ0v) is 14.9. The molecule has 1 aliphatic heterocycles. The molecular weight excluding hydrogens is 272 g/mol. The van der Waals surface area contributed by atoms with Crippen LogP contribution in [-0.2, 0) is 4.79 Å². The molecule has 3 heteroatoms. The second kappa shape index (κ2) is 6.82. The molecule has 0 saturated carbocycles. The van der Waals surface area contributed by atoms with Crippen molar-refractivity contribution in [2.75, 3.05) is 11.9 Å². The minimum absolute atomic E-state index is 0.100. The molecule has 3 nitrogen and oxygen atoms in total. The summed E-state index contributed by atoms with van der Waals surface area (Å²) in [6, 6.07) is 5.20. The predicted molar refractivity (Wildman–Crippen MR) is 93.3 cm³/mol. The van der Waals surface area contributed by atoms with Crippen LogP contribution in [0.25, 0.3) is 0 Å². The lowest BCUT2D eigenvalue weighted by molar-refractivity contribution is -0.119. The Morgan fingerprint density at radius 2 is 1.59 bits per heavy atom. The van der Waals surface area contributed by atoms with E-state index in [-0.39, 0.29) is 5.91 Å². The Balaban J connectivity index is 2.04. The average Bonchev–Trinajstić information content (AvgIpc) is 2.38. The number of hydrogen-bond donors (Lipinski definition) is 1. The smallest absolute Gasteiger partial charge is 0.238 e. The van der Waals surface area contributed by atoms with Crippen LogP contribution in [0.2, 0.25) is 0 Å². The fourth-order valence-corrected chi connectivity index (χ4v) is 4.00. The van der Waals surface area contributed by atoms with E-state index in [0.717, 1.165) is 22.7 Å². The zero-order chi connectivity index (χ0) is 16.4. The molecule has 1 aliphatic rings. The van der Waals surface area contributed by atoms with Gasteiger partial charge in [0.05, 0.1) is 6.54 Å². The molecule has 0 aliphatic carbocycles. The summed E-state index contributed by atoms with van der Waals surface area (Å²) in [6.07, 6.45) is 2.36. The first-order valence-electron chi connectivity index (χ1n) is 8.41. The quantitative estimate of drug-likeness (QED) is 0.913. The van der Waals surface area contributed by atoms with Crippen LogP contribution in [0.3, 0.4) is 0 Å². The van der Waals surface area contributed by atoms with Crippen LogP contribution in [0.15, 0.2) is 12.1 Å². The third-order valence-electron chi connectivity index (χ3n) is 4.89. The standard InChI is InChI=1S/C19H30N2O/c1-12-7-14(3)19(15(4)8-12)20-18(22)11-21-16(5)9-13(2)10-17(21)6/h7-8,13,16-17H,9-11H2,1-6H3,(H,20,22). The van der Waals surface area contributed by atoms with E-state index in [4.69, 9.17) is 0 Å². The normalized spacial score (nSPS) is 26.0. The number of benzene rings is 1. The van der Waals surface area contributed by atoms with Crippen LogP contribution in [0, 0.1) is 26.7 Å². The number of carbonyl (C=O) groups is 1. The number of carbonyl (C=O) groups excluding carboxylic acids is 1. The Morgan fingerprint density at radius 1 is 1.09 bits per heavy atom. The number of hydrogen-bond acceptors (Lipinski definition) is 2. The molecule has 2 rings (SSSR count). The van der Waals surface area contributed by atoms with Crippen LogP contribution in [0.1, 0.15) is 50.3 Å². The molecule has 1 aromatic carbocycles. The van der Waals surface area contributed by atoms with Gasteiger partial charge in [-0.3, -0.25) is 9.69 Å². The molecule has 1 N–H and O–H groups in total. The highest BCUT2D eigenvalue weighted by Gasteiger charge is 2.30. The first kappa shape index (κ1) is 17.0. The van der Waals surface area contributed by atoms with E-state index in [2.05, 4.69) is 63.9 Å². The SMILES string of the molecule is Cc1cc(C)c(NC(=O)CN2C(C)CC(C)CC2C)c(C)c1. The van der Waals surface area contributed by atoms with E-state index < -0.39 is 0 Å². The minimum atomic E-state index is 0.100.